The first-order chi connectivity index (χ1) is 14.0. The molecule has 1 aromatic carbocycles. The summed E-state index contributed by atoms with van der Waals surface area (Å²) in [4.78, 5) is 29.5. The van der Waals surface area contributed by atoms with Crippen LogP contribution in [0.25, 0.3) is 16.9 Å². The van der Waals surface area contributed by atoms with E-state index < -0.39 is 11.8 Å². The SMILES string of the molecule is COC(=O)C(=O)c1c(C)nc2cc(-c3cccc(Cl)c3)nn2c1C1CCCCC1. The Bertz CT molecular complexity index is 1100. The van der Waals surface area contributed by atoms with Crippen LogP contribution in [0.2, 0.25) is 5.02 Å². The summed E-state index contributed by atoms with van der Waals surface area (Å²) in [5, 5.41) is 5.38. The Kier molecular flexibility index (Phi) is 5.37. The van der Waals surface area contributed by atoms with Gasteiger partial charge in [-0.3, -0.25) is 4.79 Å². The Morgan fingerprint density at radius 3 is 2.62 bits per heavy atom. The van der Waals surface area contributed by atoms with Crippen molar-refractivity contribution >= 4 is 29.0 Å². The smallest absolute Gasteiger partial charge is 0.379 e. The number of carbonyl (C=O) groups excluding carboxylic acids is 2. The molecule has 1 aliphatic rings. The number of halogens is 1. The number of fused-ring (bicyclic) bond motifs is 1. The number of hydrogen-bond acceptors (Lipinski definition) is 5. The molecule has 0 radical (unpaired) electrons. The van der Waals surface area contributed by atoms with Crippen LogP contribution in [-0.2, 0) is 9.53 Å². The number of ketones is 1. The highest BCUT2D eigenvalue weighted by atomic mass is 35.5. The maximum Gasteiger partial charge on any atom is 0.379 e. The van der Waals surface area contributed by atoms with Gasteiger partial charge in [0.2, 0.25) is 0 Å². The lowest BCUT2D eigenvalue weighted by Crippen LogP contribution is -2.24. The number of Topliss-reactive ketones (excluding diaryl/α,β-unsaturated/α-hetero) is 1. The van der Waals surface area contributed by atoms with Gasteiger partial charge in [-0.05, 0) is 31.9 Å². The topological polar surface area (TPSA) is 73.6 Å². The predicted molar refractivity (Wildman–Crippen MR) is 110 cm³/mol. The maximum atomic E-state index is 12.9. The Labute approximate surface area is 173 Å². The van der Waals surface area contributed by atoms with E-state index in [-0.39, 0.29) is 5.92 Å². The van der Waals surface area contributed by atoms with Crippen molar-refractivity contribution in [3.8, 4) is 11.3 Å². The molecule has 4 rings (SSSR count). The lowest BCUT2D eigenvalue weighted by molar-refractivity contribution is -0.135. The predicted octanol–water partition coefficient (Wildman–Crippen LogP) is 4.76. The minimum atomic E-state index is -0.881. The molecule has 0 unspecified atom stereocenters. The molecular formula is C22H22ClN3O3. The van der Waals surface area contributed by atoms with E-state index in [1.807, 2.05) is 30.3 Å². The van der Waals surface area contributed by atoms with Gasteiger partial charge >= 0.3 is 5.97 Å². The Morgan fingerprint density at radius 1 is 1.17 bits per heavy atom. The number of benzene rings is 1. The van der Waals surface area contributed by atoms with Gasteiger partial charge in [0.25, 0.3) is 5.78 Å². The third-order valence-corrected chi connectivity index (χ3v) is 5.76. The van der Waals surface area contributed by atoms with Crippen molar-refractivity contribution in [2.24, 2.45) is 0 Å². The lowest BCUT2D eigenvalue weighted by Gasteiger charge is -2.25. The summed E-state index contributed by atoms with van der Waals surface area (Å²) in [6.07, 6.45) is 5.25. The van der Waals surface area contributed by atoms with E-state index in [1.54, 1.807) is 11.4 Å². The number of rotatable bonds is 4. The molecule has 7 heteroatoms. The van der Waals surface area contributed by atoms with Gasteiger partial charge in [0, 0.05) is 22.6 Å². The molecule has 0 spiro atoms. The van der Waals surface area contributed by atoms with E-state index in [1.165, 1.54) is 13.5 Å². The number of aryl methyl sites for hydroxylation is 1. The van der Waals surface area contributed by atoms with Crippen LogP contribution in [0.15, 0.2) is 30.3 Å². The van der Waals surface area contributed by atoms with Crippen LogP contribution >= 0.6 is 11.6 Å². The molecule has 0 N–H and O–H groups in total. The van der Waals surface area contributed by atoms with Crippen LogP contribution in [0, 0.1) is 6.92 Å². The number of methoxy groups -OCH3 is 1. The van der Waals surface area contributed by atoms with E-state index in [0.717, 1.165) is 42.6 Å². The van der Waals surface area contributed by atoms with Crippen LogP contribution in [0.1, 0.15) is 59.8 Å². The first-order valence-corrected chi connectivity index (χ1v) is 10.2. The Hall–Kier alpha value is -2.73. The van der Waals surface area contributed by atoms with Crippen molar-refractivity contribution in [3.05, 3.63) is 52.3 Å². The van der Waals surface area contributed by atoms with E-state index in [2.05, 4.69) is 4.98 Å². The normalized spacial score (nSPS) is 14.9. The Balaban J connectivity index is 1.95. The van der Waals surface area contributed by atoms with Crippen molar-refractivity contribution < 1.29 is 14.3 Å². The second-order valence-corrected chi connectivity index (χ2v) is 7.86. The van der Waals surface area contributed by atoms with Gasteiger partial charge in [-0.2, -0.15) is 5.10 Å². The molecule has 2 heterocycles. The molecule has 2 aromatic heterocycles. The molecule has 1 saturated carbocycles. The zero-order chi connectivity index (χ0) is 20.5. The third-order valence-electron chi connectivity index (χ3n) is 5.53. The minimum absolute atomic E-state index is 0.142. The van der Waals surface area contributed by atoms with Crippen molar-refractivity contribution in [3.63, 3.8) is 0 Å². The van der Waals surface area contributed by atoms with Gasteiger partial charge in [0.1, 0.15) is 0 Å². The summed E-state index contributed by atoms with van der Waals surface area (Å²) in [6, 6.07) is 9.34. The second-order valence-electron chi connectivity index (χ2n) is 7.42. The van der Waals surface area contributed by atoms with Crippen molar-refractivity contribution in [1.29, 1.82) is 0 Å². The standard InChI is InChI=1S/C22H22ClN3O3/c1-13-19(21(27)22(28)29-2)20(14-7-4-3-5-8-14)26-18(24-13)12-17(25-26)15-9-6-10-16(23)11-15/h6,9-12,14H,3-5,7-8H2,1-2H3. The van der Waals surface area contributed by atoms with E-state index in [4.69, 9.17) is 21.4 Å². The molecule has 29 heavy (non-hydrogen) atoms. The fourth-order valence-corrected chi connectivity index (χ4v) is 4.35. The fourth-order valence-electron chi connectivity index (χ4n) is 4.16. The molecular weight excluding hydrogens is 390 g/mol. The summed E-state index contributed by atoms with van der Waals surface area (Å²) in [6.45, 7) is 1.76. The average Bonchev–Trinajstić information content (AvgIpc) is 3.16. The van der Waals surface area contributed by atoms with E-state index >= 15 is 0 Å². The minimum Gasteiger partial charge on any atom is -0.463 e. The van der Waals surface area contributed by atoms with Crippen LogP contribution in [0.3, 0.4) is 0 Å². The second kappa shape index (κ2) is 7.95. The highest BCUT2D eigenvalue weighted by Gasteiger charge is 2.31. The fraction of sp³-hybridized carbons (Fsp3) is 0.364. The highest BCUT2D eigenvalue weighted by molar-refractivity contribution is 6.41. The quantitative estimate of drug-likeness (QED) is 0.351. The highest BCUT2D eigenvalue weighted by Crippen LogP contribution is 2.36. The summed E-state index contributed by atoms with van der Waals surface area (Å²) < 4.78 is 6.43. The van der Waals surface area contributed by atoms with Gasteiger partial charge in [0.15, 0.2) is 5.65 Å². The largest absolute Gasteiger partial charge is 0.463 e. The van der Waals surface area contributed by atoms with Gasteiger partial charge in [-0.1, -0.05) is 43.0 Å². The van der Waals surface area contributed by atoms with Gasteiger partial charge in [0.05, 0.1) is 29.8 Å². The summed E-state index contributed by atoms with van der Waals surface area (Å²) in [7, 11) is 1.22. The van der Waals surface area contributed by atoms with E-state index in [0.29, 0.717) is 21.9 Å². The number of aromatic nitrogens is 3. The lowest BCUT2D eigenvalue weighted by atomic mass is 9.84. The monoisotopic (exact) mass is 411 g/mol. The molecule has 6 nitrogen and oxygen atoms in total. The third kappa shape index (κ3) is 3.65. The molecule has 1 fully saturated rings. The number of hydrogen-bond donors (Lipinski definition) is 0. The Morgan fingerprint density at radius 2 is 1.93 bits per heavy atom. The van der Waals surface area contributed by atoms with Crippen molar-refractivity contribution in [2.45, 2.75) is 44.9 Å². The van der Waals surface area contributed by atoms with Crippen LogP contribution in [0.5, 0.6) is 0 Å². The number of carbonyl (C=O) groups is 2. The number of nitrogens with zero attached hydrogens (tertiary/aromatic N) is 3. The first-order valence-electron chi connectivity index (χ1n) is 9.78. The molecule has 0 bridgehead atoms. The van der Waals surface area contributed by atoms with Crippen LogP contribution in [-0.4, -0.2) is 33.5 Å². The molecule has 0 saturated heterocycles. The maximum absolute atomic E-state index is 12.9. The van der Waals surface area contributed by atoms with Crippen molar-refractivity contribution in [2.75, 3.05) is 7.11 Å². The van der Waals surface area contributed by atoms with E-state index in [9.17, 15) is 9.59 Å². The number of esters is 1. The average molecular weight is 412 g/mol. The van der Waals surface area contributed by atoms with Crippen LogP contribution in [0.4, 0.5) is 0 Å². The summed E-state index contributed by atoms with van der Waals surface area (Å²) in [5.41, 5.74) is 3.84. The summed E-state index contributed by atoms with van der Waals surface area (Å²) >= 11 is 6.14. The van der Waals surface area contributed by atoms with Gasteiger partial charge in [-0.15, -0.1) is 0 Å². The first kappa shape index (κ1) is 19.6. The van der Waals surface area contributed by atoms with Crippen molar-refractivity contribution in [1.82, 2.24) is 14.6 Å². The van der Waals surface area contributed by atoms with Crippen LogP contribution < -0.4 is 0 Å². The molecule has 150 valence electrons. The molecule has 3 aromatic rings. The van der Waals surface area contributed by atoms with Gasteiger partial charge in [-0.25, -0.2) is 14.3 Å². The number of ether oxygens (including phenoxy) is 1. The zero-order valence-corrected chi connectivity index (χ0v) is 17.2. The summed E-state index contributed by atoms with van der Waals surface area (Å²) in [5.74, 6) is -1.41. The molecule has 1 aliphatic carbocycles. The molecule has 0 amide bonds. The van der Waals surface area contributed by atoms with Gasteiger partial charge < -0.3 is 4.74 Å². The molecule has 0 atom stereocenters. The zero-order valence-electron chi connectivity index (χ0n) is 16.4. The molecule has 0 aliphatic heterocycles.